The SMILES string of the molecule is CC1(C)OC[C@H]2[C@H](O)[C@H](O)[C@H](OC(=O)c3ccccc3)C(=O)N21. The van der Waals surface area contributed by atoms with Crippen molar-refractivity contribution in [2.24, 2.45) is 0 Å². The highest BCUT2D eigenvalue weighted by molar-refractivity contribution is 5.93. The molecule has 124 valence electrons. The first-order valence-electron chi connectivity index (χ1n) is 7.42. The van der Waals surface area contributed by atoms with Gasteiger partial charge in [-0.1, -0.05) is 18.2 Å². The van der Waals surface area contributed by atoms with Crippen LogP contribution in [0.25, 0.3) is 0 Å². The third-order valence-electron chi connectivity index (χ3n) is 4.30. The summed E-state index contributed by atoms with van der Waals surface area (Å²) in [6.45, 7) is 3.49. The van der Waals surface area contributed by atoms with Gasteiger partial charge in [0, 0.05) is 0 Å². The van der Waals surface area contributed by atoms with E-state index in [0.29, 0.717) is 0 Å². The van der Waals surface area contributed by atoms with Crippen molar-refractivity contribution in [1.29, 1.82) is 0 Å². The Hall–Kier alpha value is -1.96. The summed E-state index contributed by atoms with van der Waals surface area (Å²) in [6.07, 6.45) is -4.20. The van der Waals surface area contributed by atoms with Gasteiger partial charge in [0.2, 0.25) is 6.10 Å². The lowest BCUT2D eigenvalue weighted by Crippen LogP contribution is -2.66. The number of carbonyl (C=O) groups is 2. The molecule has 2 saturated heterocycles. The van der Waals surface area contributed by atoms with E-state index in [2.05, 4.69) is 0 Å². The summed E-state index contributed by atoms with van der Waals surface area (Å²) in [4.78, 5) is 26.1. The fourth-order valence-electron chi connectivity index (χ4n) is 3.08. The molecule has 1 amide bonds. The lowest BCUT2D eigenvalue weighted by atomic mass is 9.93. The summed E-state index contributed by atoms with van der Waals surface area (Å²) in [5.41, 5.74) is -0.665. The van der Waals surface area contributed by atoms with Crippen LogP contribution in [0.3, 0.4) is 0 Å². The molecule has 0 unspecified atom stereocenters. The molecule has 2 heterocycles. The van der Waals surface area contributed by atoms with E-state index in [-0.39, 0.29) is 12.2 Å². The number of carbonyl (C=O) groups excluding carboxylic acids is 2. The molecule has 0 spiro atoms. The molecule has 4 atom stereocenters. The first kappa shape index (κ1) is 15.9. The van der Waals surface area contributed by atoms with Gasteiger partial charge in [-0.25, -0.2) is 4.79 Å². The highest BCUT2D eigenvalue weighted by Gasteiger charge is 2.57. The number of aliphatic hydroxyl groups excluding tert-OH is 2. The maximum atomic E-state index is 12.6. The predicted octanol–water partition coefficient (Wildman–Crippen LogP) is -0.0891. The van der Waals surface area contributed by atoms with Gasteiger partial charge in [-0.2, -0.15) is 0 Å². The number of amides is 1. The minimum atomic E-state index is -1.49. The monoisotopic (exact) mass is 321 g/mol. The molecule has 0 saturated carbocycles. The number of fused-ring (bicyclic) bond motifs is 1. The molecule has 2 aliphatic rings. The average molecular weight is 321 g/mol. The van der Waals surface area contributed by atoms with Crippen LogP contribution in [0.2, 0.25) is 0 Å². The summed E-state index contributed by atoms with van der Waals surface area (Å²) in [6, 6.07) is 7.51. The van der Waals surface area contributed by atoms with Crippen LogP contribution in [-0.2, 0) is 14.3 Å². The van der Waals surface area contributed by atoms with Gasteiger partial charge in [0.1, 0.15) is 17.9 Å². The molecule has 7 nitrogen and oxygen atoms in total. The summed E-state index contributed by atoms with van der Waals surface area (Å²) >= 11 is 0. The zero-order valence-electron chi connectivity index (χ0n) is 12.9. The van der Waals surface area contributed by atoms with Gasteiger partial charge in [-0.3, -0.25) is 4.79 Å². The Balaban J connectivity index is 1.84. The fraction of sp³-hybridized carbons (Fsp3) is 0.500. The van der Waals surface area contributed by atoms with Crippen LogP contribution in [0.5, 0.6) is 0 Å². The maximum absolute atomic E-state index is 12.6. The van der Waals surface area contributed by atoms with Crippen LogP contribution in [0.1, 0.15) is 24.2 Å². The molecular formula is C16H19NO6. The van der Waals surface area contributed by atoms with Crippen molar-refractivity contribution in [2.75, 3.05) is 6.61 Å². The Morgan fingerprint density at radius 2 is 1.91 bits per heavy atom. The van der Waals surface area contributed by atoms with Crippen LogP contribution in [0, 0.1) is 0 Å². The van der Waals surface area contributed by atoms with Crippen LogP contribution < -0.4 is 0 Å². The molecule has 0 aliphatic carbocycles. The first-order chi connectivity index (χ1) is 10.8. The third-order valence-corrected chi connectivity index (χ3v) is 4.30. The molecule has 2 fully saturated rings. The Morgan fingerprint density at radius 3 is 2.57 bits per heavy atom. The molecule has 3 rings (SSSR count). The van der Waals surface area contributed by atoms with Gasteiger partial charge >= 0.3 is 5.97 Å². The number of ether oxygens (including phenoxy) is 2. The smallest absolute Gasteiger partial charge is 0.339 e. The van der Waals surface area contributed by atoms with E-state index in [1.807, 2.05) is 0 Å². The second kappa shape index (κ2) is 5.59. The number of hydrogen-bond donors (Lipinski definition) is 2. The summed E-state index contributed by atoms with van der Waals surface area (Å²) < 4.78 is 10.7. The average Bonchev–Trinajstić information content (AvgIpc) is 2.85. The topological polar surface area (TPSA) is 96.3 Å². The number of esters is 1. The number of hydrogen-bond acceptors (Lipinski definition) is 6. The van der Waals surface area contributed by atoms with Gasteiger partial charge in [0.05, 0.1) is 18.2 Å². The highest BCUT2D eigenvalue weighted by atomic mass is 16.6. The lowest BCUT2D eigenvalue weighted by Gasteiger charge is -2.43. The van der Waals surface area contributed by atoms with Crippen molar-refractivity contribution >= 4 is 11.9 Å². The highest BCUT2D eigenvalue weighted by Crippen LogP contribution is 2.35. The van der Waals surface area contributed by atoms with Crippen LogP contribution in [0.15, 0.2) is 30.3 Å². The number of nitrogens with zero attached hydrogens (tertiary/aromatic N) is 1. The van der Waals surface area contributed by atoms with Crippen LogP contribution in [0.4, 0.5) is 0 Å². The quantitative estimate of drug-likeness (QED) is 0.739. The minimum absolute atomic E-state index is 0.121. The third kappa shape index (κ3) is 2.60. The molecule has 1 aromatic rings. The van der Waals surface area contributed by atoms with Crippen LogP contribution >= 0.6 is 0 Å². The van der Waals surface area contributed by atoms with Gasteiger partial charge in [0.15, 0.2) is 0 Å². The zero-order chi connectivity index (χ0) is 16.8. The Morgan fingerprint density at radius 1 is 1.26 bits per heavy atom. The van der Waals surface area contributed by atoms with Crippen molar-refractivity contribution < 1.29 is 29.3 Å². The maximum Gasteiger partial charge on any atom is 0.339 e. The van der Waals surface area contributed by atoms with E-state index < -0.39 is 42.0 Å². The van der Waals surface area contributed by atoms with Crippen molar-refractivity contribution in [3.05, 3.63) is 35.9 Å². The lowest BCUT2D eigenvalue weighted by molar-refractivity contribution is -0.184. The largest absolute Gasteiger partial charge is 0.446 e. The van der Waals surface area contributed by atoms with Crippen molar-refractivity contribution in [3.8, 4) is 0 Å². The molecular weight excluding hydrogens is 302 g/mol. The molecule has 2 aliphatic heterocycles. The Bertz CT molecular complexity index is 616. The second-order valence-electron chi connectivity index (χ2n) is 6.21. The molecule has 7 heteroatoms. The van der Waals surface area contributed by atoms with E-state index in [4.69, 9.17) is 9.47 Å². The molecule has 0 aromatic heterocycles. The molecule has 1 aromatic carbocycles. The Labute approximate surface area is 133 Å². The van der Waals surface area contributed by atoms with E-state index in [1.54, 1.807) is 44.2 Å². The first-order valence-corrected chi connectivity index (χ1v) is 7.42. The van der Waals surface area contributed by atoms with E-state index in [9.17, 15) is 19.8 Å². The summed E-state index contributed by atoms with van der Waals surface area (Å²) in [7, 11) is 0. The van der Waals surface area contributed by atoms with E-state index in [1.165, 1.54) is 4.90 Å². The fourth-order valence-corrected chi connectivity index (χ4v) is 3.08. The molecule has 0 bridgehead atoms. The van der Waals surface area contributed by atoms with E-state index >= 15 is 0 Å². The van der Waals surface area contributed by atoms with Crippen molar-refractivity contribution in [1.82, 2.24) is 4.90 Å². The number of piperidine rings is 1. The van der Waals surface area contributed by atoms with E-state index in [0.717, 1.165) is 0 Å². The van der Waals surface area contributed by atoms with Gasteiger partial charge < -0.3 is 24.6 Å². The Kier molecular flexibility index (Phi) is 3.87. The van der Waals surface area contributed by atoms with Gasteiger partial charge in [-0.15, -0.1) is 0 Å². The predicted molar refractivity (Wildman–Crippen MR) is 78.3 cm³/mol. The summed E-state index contributed by atoms with van der Waals surface area (Å²) in [5.74, 6) is -1.30. The second-order valence-corrected chi connectivity index (χ2v) is 6.21. The normalized spacial score (nSPS) is 32.5. The van der Waals surface area contributed by atoms with Crippen molar-refractivity contribution in [3.63, 3.8) is 0 Å². The van der Waals surface area contributed by atoms with Gasteiger partial charge in [0.25, 0.3) is 5.91 Å². The molecule has 2 N–H and O–H groups in total. The number of aliphatic hydroxyl groups is 2. The molecule has 0 radical (unpaired) electrons. The zero-order valence-corrected chi connectivity index (χ0v) is 12.9. The summed E-state index contributed by atoms with van der Waals surface area (Å²) in [5, 5.41) is 20.4. The minimum Gasteiger partial charge on any atom is -0.446 e. The number of rotatable bonds is 2. The van der Waals surface area contributed by atoms with Gasteiger partial charge in [-0.05, 0) is 26.0 Å². The standard InChI is InChI=1S/C16H19NO6/c1-16(2)17-10(8-22-16)11(18)12(19)13(14(17)20)23-15(21)9-6-4-3-5-7-9/h3-7,10-13,18-19H,8H2,1-2H3/t10-,11-,12-,13-/m0/s1. The number of benzene rings is 1. The molecule has 23 heavy (non-hydrogen) atoms. The van der Waals surface area contributed by atoms with Crippen molar-refractivity contribution in [2.45, 2.75) is 43.9 Å². The van der Waals surface area contributed by atoms with Crippen LogP contribution in [-0.4, -0.2) is 63.7 Å².